The summed E-state index contributed by atoms with van der Waals surface area (Å²) in [6.45, 7) is 13.7. The van der Waals surface area contributed by atoms with Crippen LogP contribution in [0.5, 0.6) is 11.5 Å². The van der Waals surface area contributed by atoms with Crippen LogP contribution in [0.25, 0.3) is 0 Å². The average molecular weight is 1080 g/mol. The second-order valence-corrected chi connectivity index (χ2v) is 18.4. The fraction of sp³-hybridized carbons (Fsp3) is 0.520. The second kappa shape index (κ2) is 32.3. The van der Waals surface area contributed by atoms with E-state index < -0.39 is 24.2 Å². The lowest BCUT2D eigenvalue weighted by atomic mass is 10.1. The van der Waals surface area contributed by atoms with E-state index >= 15 is 0 Å². The van der Waals surface area contributed by atoms with Crippen LogP contribution in [0.3, 0.4) is 0 Å². The maximum Gasteiger partial charge on any atom is 0.446 e. The Morgan fingerprint density at radius 2 is 1.19 bits per heavy atom. The summed E-state index contributed by atoms with van der Waals surface area (Å²) in [5.41, 5.74) is 8.39. The fourth-order valence-electron chi connectivity index (χ4n) is 7.07. The Labute approximate surface area is 440 Å². The molecule has 4 aromatic rings. The van der Waals surface area contributed by atoms with E-state index in [2.05, 4.69) is 35.9 Å². The van der Waals surface area contributed by atoms with Crippen LogP contribution < -0.4 is 41.0 Å². The van der Waals surface area contributed by atoms with Crippen molar-refractivity contribution in [1.82, 2.24) is 25.3 Å². The first-order chi connectivity index (χ1) is 35.3. The maximum absolute atomic E-state index is 13.6. The molecule has 4 heterocycles. The van der Waals surface area contributed by atoms with Crippen molar-refractivity contribution in [1.29, 1.82) is 0 Å². The van der Waals surface area contributed by atoms with Gasteiger partial charge < -0.3 is 45.4 Å². The van der Waals surface area contributed by atoms with E-state index in [-0.39, 0.29) is 29.2 Å². The summed E-state index contributed by atoms with van der Waals surface area (Å²) >= 11 is 9.53. The van der Waals surface area contributed by atoms with E-state index in [9.17, 15) is 27.6 Å². The number of anilines is 4. The van der Waals surface area contributed by atoms with Crippen LogP contribution in [0.1, 0.15) is 92.1 Å². The van der Waals surface area contributed by atoms with Crippen molar-refractivity contribution in [3.05, 3.63) is 83.2 Å². The number of aldehydes is 1. The lowest BCUT2D eigenvalue weighted by Crippen LogP contribution is -2.35. The lowest BCUT2D eigenvalue weighted by Gasteiger charge is -2.23. The normalized spacial score (nSPS) is 12.9. The molecule has 0 spiro atoms. The van der Waals surface area contributed by atoms with E-state index in [1.54, 1.807) is 54.6 Å². The number of ether oxygens (including phenoxy) is 5. The van der Waals surface area contributed by atoms with Crippen molar-refractivity contribution in [2.24, 2.45) is 5.73 Å². The van der Waals surface area contributed by atoms with Crippen LogP contribution >= 0.6 is 23.2 Å². The van der Waals surface area contributed by atoms with Gasteiger partial charge in [-0.25, -0.2) is 14.8 Å². The molecule has 2 aliphatic rings. The van der Waals surface area contributed by atoms with Gasteiger partial charge in [0, 0.05) is 82.3 Å². The molecule has 408 valence electrons. The Bertz CT molecular complexity index is 2370. The van der Waals surface area contributed by atoms with Crippen LogP contribution in [0.4, 0.5) is 41.5 Å². The van der Waals surface area contributed by atoms with E-state index in [0.29, 0.717) is 100 Å². The number of carbonyl (C=O) groups excluding carboxylic acids is 4. The zero-order valence-corrected chi connectivity index (χ0v) is 44.4. The number of nitrogens with zero attached hydrogens (tertiary/aromatic N) is 6. The van der Waals surface area contributed by atoms with Gasteiger partial charge in [0.2, 0.25) is 18.2 Å². The number of methoxy groups -OCH3 is 2. The first kappa shape index (κ1) is 62.2. The number of halogens is 5. The summed E-state index contributed by atoms with van der Waals surface area (Å²) < 4.78 is 58.0. The Morgan fingerprint density at radius 1 is 0.757 bits per heavy atom. The molecule has 3 amide bonds. The third kappa shape index (κ3) is 22.6. The van der Waals surface area contributed by atoms with Crippen LogP contribution in [-0.2, 0) is 31.8 Å². The molecule has 0 fully saturated rings. The van der Waals surface area contributed by atoms with Gasteiger partial charge in [-0.3, -0.25) is 24.2 Å². The molecule has 74 heavy (non-hydrogen) atoms. The van der Waals surface area contributed by atoms with Crippen molar-refractivity contribution in [3.63, 3.8) is 0 Å². The van der Waals surface area contributed by atoms with E-state index in [4.69, 9.17) is 57.4 Å². The topological polar surface area (TPSA) is 235 Å². The van der Waals surface area contributed by atoms with E-state index in [1.807, 2.05) is 65.0 Å². The first-order valence-corrected chi connectivity index (χ1v) is 25.0. The van der Waals surface area contributed by atoms with Gasteiger partial charge in [0.15, 0.2) is 0 Å². The third-order valence-corrected chi connectivity index (χ3v) is 10.2. The van der Waals surface area contributed by atoms with Crippen molar-refractivity contribution < 1.29 is 56.0 Å². The zero-order chi connectivity index (χ0) is 54.7. The van der Waals surface area contributed by atoms with E-state index in [1.165, 1.54) is 0 Å². The maximum atomic E-state index is 13.6. The summed E-state index contributed by atoms with van der Waals surface area (Å²) in [6, 6.07) is 14.6. The summed E-state index contributed by atoms with van der Waals surface area (Å²) in [4.78, 5) is 68.6. The highest BCUT2D eigenvalue weighted by Gasteiger charge is 2.26. The van der Waals surface area contributed by atoms with Gasteiger partial charge in [-0.15, -0.1) is 23.2 Å². The van der Waals surface area contributed by atoms with E-state index in [0.717, 1.165) is 48.3 Å². The molecular weight excluding hydrogens is 1010 g/mol. The minimum absolute atomic E-state index is 0.00467. The number of hydrogen-bond acceptors (Lipinski definition) is 16. The summed E-state index contributed by atoms with van der Waals surface area (Å²) in [5.74, 6) is 3.38. The van der Waals surface area contributed by atoms with Gasteiger partial charge in [-0.2, -0.15) is 23.1 Å². The van der Waals surface area contributed by atoms with Gasteiger partial charge in [-0.05, 0) is 127 Å². The second-order valence-electron chi connectivity index (χ2n) is 17.6. The predicted molar refractivity (Wildman–Crippen MR) is 279 cm³/mol. The minimum Gasteiger partial charge on any atom is -0.493 e. The molecule has 0 bridgehead atoms. The molecular formula is C50H69Cl2F3N10O9. The minimum atomic E-state index is -4.64. The highest BCUT2D eigenvalue weighted by molar-refractivity contribution is 6.40. The molecule has 2 aromatic heterocycles. The number of benzene rings is 2. The predicted octanol–water partition coefficient (Wildman–Crippen LogP) is 8.22. The monoisotopic (exact) mass is 1080 g/mol. The molecule has 0 aliphatic carbocycles. The number of hydrogen-bond donors (Lipinski definition) is 4. The molecule has 2 atom stereocenters. The molecule has 6 rings (SSSR count). The highest BCUT2D eigenvalue weighted by atomic mass is 35.5. The fourth-order valence-corrected chi connectivity index (χ4v) is 7.07. The number of alkyl carbamates (subject to hydrolysis) is 1. The number of rotatable bonds is 21. The van der Waals surface area contributed by atoms with Crippen LogP contribution in [-0.4, -0.2) is 140 Å². The molecule has 2 aliphatic heterocycles. The molecule has 0 unspecified atom stereocenters. The Hall–Kier alpha value is -6.07. The summed E-state index contributed by atoms with van der Waals surface area (Å²) in [6.07, 6.45) is 1.69. The largest absolute Gasteiger partial charge is 0.493 e. The highest BCUT2D eigenvalue weighted by Crippen LogP contribution is 2.29. The number of alkyl halides is 5. The SMILES string of the molecule is COC[C@H](C)Nc1nccc(N(CCCCN)C(=O)c2ccc3c(c2)CCO3)n1.COC[C@H](C)Nc1nccc(N(CCCCNC(=O)OC(C)(C)C)C(=O)c2ccc3c(c2)CCO3)n1.ClCCl.O=CC(F)(F)F. The lowest BCUT2D eigenvalue weighted by molar-refractivity contribution is -0.156. The molecule has 0 saturated heterocycles. The molecule has 19 nitrogen and oxygen atoms in total. The number of aromatic nitrogens is 4. The van der Waals surface area contributed by atoms with Gasteiger partial charge in [0.05, 0.1) is 31.8 Å². The third-order valence-electron chi connectivity index (χ3n) is 10.2. The summed E-state index contributed by atoms with van der Waals surface area (Å²) in [7, 11) is 3.28. The molecule has 0 radical (unpaired) electrons. The average Bonchev–Trinajstić information content (AvgIpc) is 4.03. The standard InChI is InChI=1S/C26H37N5O5.C21H29N5O3.C2HF3O.CH2Cl2/c1-18(17-34-5)29-24-27-13-10-22(30-24)31(14-7-6-12-28-25(33)36-26(2,3)4)23(32)20-8-9-21-19(16-20)11-15-35-21;1-15(14-28-2)24-21-23-10-7-19(25-21)26(11-4-3-9-22)20(27)17-5-6-18-16(13-17)8-12-29-18;3-2(4,5)1-6;2-1-3/h8-10,13,16,18H,6-7,11-12,14-15,17H2,1-5H3,(H,28,33)(H,27,29,30);5-7,10,13,15H,3-4,8-9,11-12,14,22H2,1-2H3,(H,23,24,25);1H;1H2/t18-;15-;;/m00../s1. The number of fused-ring (bicyclic) bond motifs is 2. The van der Waals surface area contributed by atoms with Crippen LogP contribution in [0.2, 0.25) is 0 Å². The molecule has 5 N–H and O–H groups in total. The van der Waals surface area contributed by atoms with Gasteiger partial charge in [-0.1, -0.05) is 0 Å². The summed E-state index contributed by atoms with van der Waals surface area (Å²) in [5, 5.41) is 9.34. The van der Waals surface area contributed by atoms with Crippen molar-refractivity contribution in [3.8, 4) is 11.5 Å². The van der Waals surface area contributed by atoms with Crippen molar-refractivity contribution in [2.75, 3.05) is 92.6 Å². The number of unbranched alkanes of at least 4 members (excludes halogenated alkanes) is 2. The van der Waals surface area contributed by atoms with Crippen LogP contribution in [0, 0.1) is 0 Å². The Kier molecular flexibility index (Phi) is 27.1. The van der Waals surface area contributed by atoms with Gasteiger partial charge >= 0.3 is 12.3 Å². The van der Waals surface area contributed by atoms with Crippen molar-refractivity contribution in [2.45, 2.75) is 97.0 Å². The number of nitrogens with one attached hydrogen (secondary N) is 3. The molecule has 2 aromatic carbocycles. The van der Waals surface area contributed by atoms with Gasteiger partial charge in [0.25, 0.3) is 11.8 Å². The quantitative estimate of drug-likeness (QED) is 0.0349. The van der Waals surface area contributed by atoms with Gasteiger partial charge in [0.1, 0.15) is 28.7 Å². The number of carbonyl (C=O) groups is 4. The Morgan fingerprint density at radius 3 is 1.58 bits per heavy atom. The first-order valence-electron chi connectivity index (χ1n) is 23.9. The number of amides is 3. The molecule has 24 heteroatoms. The smallest absolute Gasteiger partial charge is 0.446 e. The van der Waals surface area contributed by atoms with Crippen LogP contribution in [0.15, 0.2) is 60.9 Å². The number of nitrogens with two attached hydrogens (primary N) is 1. The molecule has 0 saturated carbocycles. The zero-order valence-electron chi connectivity index (χ0n) is 42.9. The Balaban J connectivity index is 0.000000340. The van der Waals surface area contributed by atoms with Crippen molar-refractivity contribution >= 4 is 70.9 Å².